The van der Waals surface area contributed by atoms with E-state index in [2.05, 4.69) is 22.2 Å². The molecule has 9 nitrogen and oxygen atoms in total. The van der Waals surface area contributed by atoms with Crippen LogP contribution in [0.25, 0.3) is 0 Å². The van der Waals surface area contributed by atoms with E-state index in [0.717, 1.165) is 0 Å². The van der Waals surface area contributed by atoms with E-state index in [1.54, 1.807) is 6.08 Å². The summed E-state index contributed by atoms with van der Waals surface area (Å²) in [7, 11) is 0. The van der Waals surface area contributed by atoms with Crippen LogP contribution in [0.4, 0.5) is 16.5 Å². The number of hydrogen-bond donors (Lipinski definition) is 2. The second-order valence-corrected chi connectivity index (χ2v) is 5.91. The molecule has 0 fully saturated rings. The minimum absolute atomic E-state index is 0.0909. The van der Waals surface area contributed by atoms with E-state index >= 15 is 0 Å². The molecule has 0 saturated heterocycles. The first-order valence-electron chi connectivity index (χ1n) is 7.47. The lowest BCUT2D eigenvalue weighted by molar-refractivity contribution is -0.384. The van der Waals surface area contributed by atoms with Gasteiger partial charge in [0.2, 0.25) is 0 Å². The Hall–Kier alpha value is -3.27. The predicted molar refractivity (Wildman–Crippen MR) is 97.4 cm³/mol. The molecule has 0 saturated carbocycles. The zero-order valence-electron chi connectivity index (χ0n) is 13.8. The molecule has 0 bridgehead atoms. The molecule has 2 rings (SSSR count). The molecule has 2 N–H and O–H groups in total. The molecule has 1 amide bonds. The second-order valence-electron chi connectivity index (χ2n) is 5.05. The number of nitro benzene ring substituents is 1. The molecule has 0 aliphatic rings. The minimum Gasteiger partial charge on any atom is -0.448 e. The summed E-state index contributed by atoms with van der Waals surface area (Å²) in [6.45, 7) is 5.50. The van der Waals surface area contributed by atoms with Crippen molar-refractivity contribution in [2.75, 3.05) is 17.2 Å². The molecule has 136 valence electrons. The number of ether oxygens (including phenoxy) is 1. The highest BCUT2D eigenvalue weighted by Gasteiger charge is 2.21. The highest BCUT2D eigenvalue weighted by Crippen LogP contribution is 2.18. The quantitative estimate of drug-likeness (QED) is 0.314. The maximum absolute atomic E-state index is 12.1. The highest BCUT2D eigenvalue weighted by molar-refractivity contribution is 7.13. The standard InChI is InChI=1S/C16H16N4O5S/c1-3-8-17-16-19-13(9-26-16)15(22)25-10(2)14(21)18-11-4-6-12(7-5-11)20(23)24/h3-7,9-10H,1,8H2,2H3,(H,17,19)(H,18,21). The van der Waals surface area contributed by atoms with E-state index in [9.17, 15) is 19.7 Å². The summed E-state index contributed by atoms with van der Waals surface area (Å²) in [5.41, 5.74) is 0.358. The van der Waals surface area contributed by atoms with Crippen LogP contribution in [0.3, 0.4) is 0 Å². The summed E-state index contributed by atoms with van der Waals surface area (Å²) in [5, 5.41) is 18.1. The predicted octanol–water partition coefficient (Wildman–Crippen LogP) is 2.83. The Labute approximate surface area is 152 Å². The Morgan fingerprint density at radius 2 is 2.12 bits per heavy atom. The first-order valence-corrected chi connectivity index (χ1v) is 8.35. The van der Waals surface area contributed by atoms with Crippen LogP contribution in [0.1, 0.15) is 17.4 Å². The number of nitrogens with one attached hydrogen (secondary N) is 2. The molecule has 1 heterocycles. The lowest BCUT2D eigenvalue weighted by atomic mass is 10.2. The van der Waals surface area contributed by atoms with Gasteiger partial charge in [0.25, 0.3) is 11.6 Å². The number of carbonyl (C=O) groups is 2. The fourth-order valence-corrected chi connectivity index (χ4v) is 2.48. The molecule has 1 unspecified atom stereocenters. The molecule has 0 radical (unpaired) electrons. The maximum Gasteiger partial charge on any atom is 0.358 e. The van der Waals surface area contributed by atoms with E-state index in [0.29, 0.717) is 17.4 Å². The smallest absolute Gasteiger partial charge is 0.358 e. The summed E-state index contributed by atoms with van der Waals surface area (Å²) >= 11 is 1.23. The summed E-state index contributed by atoms with van der Waals surface area (Å²) in [6, 6.07) is 5.31. The molecule has 0 aliphatic heterocycles. The average Bonchev–Trinajstić information content (AvgIpc) is 3.09. The molecule has 1 aromatic carbocycles. The van der Waals surface area contributed by atoms with Crippen LogP contribution in [-0.4, -0.2) is 34.4 Å². The number of nitrogens with zero attached hydrogens (tertiary/aromatic N) is 2. The number of non-ortho nitro benzene ring substituents is 1. The van der Waals surface area contributed by atoms with Crippen molar-refractivity contribution < 1.29 is 19.2 Å². The molecule has 0 spiro atoms. The minimum atomic E-state index is -1.07. The normalized spacial score (nSPS) is 11.3. The molecule has 1 aromatic heterocycles. The van der Waals surface area contributed by atoms with Gasteiger partial charge in [-0.2, -0.15) is 0 Å². The van der Waals surface area contributed by atoms with Crippen molar-refractivity contribution in [3.8, 4) is 0 Å². The van der Waals surface area contributed by atoms with Gasteiger partial charge in [-0.3, -0.25) is 14.9 Å². The average molecular weight is 376 g/mol. The number of benzene rings is 1. The largest absolute Gasteiger partial charge is 0.448 e. The van der Waals surface area contributed by atoms with E-state index in [1.165, 1.54) is 47.9 Å². The monoisotopic (exact) mass is 376 g/mol. The number of nitro groups is 1. The summed E-state index contributed by atoms with van der Waals surface area (Å²) in [4.78, 5) is 38.2. The number of thiazole rings is 1. The number of esters is 1. The van der Waals surface area contributed by atoms with E-state index in [1.807, 2.05) is 0 Å². The number of rotatable bonds is 8. The lowest BCUT2D eigenvalue weighted by Crippen LogP contribution is -2.30. The van der Waals surface area contributed by atoms with E-state index in [4.69, 9.17) is 4.74 Å². The van der Waals surface area contributed by atoms with Crippen molar-refractivity contribution in [1.82, 2.24) is 4.98 Å². The van der Waals surface area contributed by atoms with Crippen molar-refractivity contribution in [2.45, 2.75) is 13.0 Å². The Kier molecular flexibility index (Phi) is 6.39. The van der Waals surface area contributed by atoms with Crippen molar-refractivity contribution >= 4 is 39.7 Å². The van der Waals surface area contributed by atoms with Gasteiger partial charge in [-0.05, 0) is 19.1 Å². The van der Waals surface area contributed by atoms with Crippen LogP contribution in [0.5, 0.6) is 0 Å². The van der Waals surface area contributed by atoms with Gasteiger partial charge in [0.1, 0.15) is 0 Å². The van der Waals surface area contributed by atoms with Crippen LogP contribution < -0.4 is 10.6 Å². The Morgan fingerprint density at radius 3 is 2.73 bits per heavy atom. The lowest BCUT2D eigenvalue weighted by Gasteiger charge is -2.12. The summed E-state index contributed by atoms with van der Waals surface area (Å²) in [6.07, 6.45) is 0.591. The van der Waals surface area contributed by atoms with Gasteiger partial charge in [0.15, 0.2) is 16.9 Å². The van der Waals surface area contributed by atoms with Gasteiger partial charge in [-0.15, -0.1) is 17.9 Å². The molecule has 2 aromatic rings. The third kappa shape index (κ3) is 5.11. The van der Waals surface area contributed by atoms with Crippen LogP contribution >= 0.6 is 11.3 Å². The highest BCUT2D eigenvalue weighted by atomic mass is 32.1. The van der Waals surface area contributed by atoms with Crippen molar-refractivity contribution in [3.63, 3.8) is 0 Å². The maximum atomic E-state index is 12.1. The van der Waals surface area contributed by atoms with Crippen molar-refractivity contribution in [1.29, 1.82) is 0 Å². The molecule has 0 aliphatic carbocycles. The van der Waals surface area contributed by atoms with Crippen molar-refractivity contribution in [2.24, 2.45) is 0 Å². The Bertz CT molecular complexity index is 818. The topological polar surface area (TPSA) is 123 Å². The number of hydrogen-bond acceptors (Lipinski definition) is 8. The third-order valence-electron chi connectivity index (χ3n) is 3.11. The van der Waals surface area contributed by atoms with Gasteiger partial charge in [0, 0.05) is 29.7 Å². The third-order valence-corrected chi connectivity index (χ3v) is 3.91. The first kappa shape index (κ1) is 19.1. The van der Waals surface area contributed by atoms with Crippen LogP contribution in [-0.2, 0) is 9.53 Å². The first-order chi connectivity index (χ1) is 12.4. The fourth-order valence-electron chi connectivity index (χ4n) is 1.79. The SMILES string of the molecule is C=CCNc1nc(C(=O)OC(C)C(=O)Nc2ccc([N+](=O)[O-])cc2)cs1. The van der Waals surface area contributed by atoms with Gasteiger partial charge in [-0.25, -0.2) is 9.78 Å². The number of anilines is 2. The van der Waals surface area contributed by atoms with Crippen molar-refractivity contribution in [3.05, 3.63) is 58.1 Å². The molecule has 26 heavy (non-hydrogen) atoms. The van der Waals surface area contributed by atoms with Gasteiger partial charge in [-0.1, -0.05) is 6.08 Å². The van der Waals surface area contributed by atoms with E-state index < -0.39 is 22.9 Å². The number of amides is 1. The van der Waals surface area contributed by atoms with Gasteiger partial charge in [0.05, 0.1) is 4.92 Å². The zero-order valence-corrected chi connectivity index (χ0v) is 14.6. The fraction of sp³-hybridized carbons (Fsp3) is 0.188. The van der Waals surface area contributed by atoms with Crippen LogP contribution in [0, 0.1) is 10.1 Å². The number of carbonyl (C=O) groups excluding carboxylic acids is 2. The molecular weight excluding hydrogens is 360 g/mol. The van der Waals surface area contributed by atoms with Gasteiger partial charge < -0.3 is 15.4 Å². The summed E-state index contributed by atoms with van der Waals surface area (Å²) < 4.78 is 5.09. The number of aromatic nitrogens is 1. The molecule has 10 heteroatoms. The van der Waals surface area contributed by atoms with Crippen LogP contribution in [0.15, 0.2) is 42.3 Å². The zero-order chi connectivity index (χ0) is 19.1. The molecular formula is C16H16N4O5S. The Morgan fingerprint density at radius 1 is 1.42 bits per heavy atom. The summed E-state index contributed by atoms with van der Waals surface area (Å²) in [5.74, 6) is -1.29. The second kappa shape index (κ2) is 8.72. The van der Waals surface area contributed by atoms with Crippen LogP contribution in [0.2, 0.25) is 0 Å². The van der Waals surface area contributed by atoms with Gasteiger partial charge >= 0.3 is 5.97 Å². The Balaban J connectivity index is 1.91. The van der Waals surface area contributed by atoms with E-state index in [-0.39, 0.29) is 11.4 Å². The molecule has 1 atom stereocenters.